The number of halogens is 1. The molecule has 1 aromatic carbocycles. The number of nitrogens with one attached hydrogen (secondary N) is 2. The SMILES string of the molecule is CC1(NC(=O)Nc2cc(C(=O)O)ccc2Cl)CCOCC1. The number of hydrogen-bond acceptors (Lipinski definition) is 3. The van der Waals surface area contributed by atoms with Gasteiger partial charge in [-0.05, 0) is 38.0 Å². The van der Waals surface area contributed by atoms with Crippen molar-refractivity contribution in [2.45, 2.75) is 25.3 Å². The second kappa shape index (κ2) is 6.32. The van der Waals surface area contributed by atoms with Crippen LogP contribution in [0.2, 0.25) is 5.02 Å². The van der Waals surface area contributed by atoms with Crippen LogP contribution in [0.3, 0.4) is 0 Å². The standard InChI is InChI=1S/C14H17ClN2O4/c1-14(4-6-21-7-5-14)17-13(20)16-11-8-9(12(18)19)2-3-10(11)15/h2-3,8H,4-7H2,1H3,(H,18,19)(H2,16,17,20). The van der Waals surface area contributed by atoms with E-state index in [4.69, 9.17) is 21.4 Å². The lowest BCUT2D eigenvalue weighted by molar-refractivity contribution is 0.0499. The maximum absolute atomic E-state index is 12.1. The maximum atomic E-state index is 12.1. The molecular weight excluding hydrogens is 296 g/mol. The first-order chi connectivity index (χ1) is 9.89. The van der Waals surface area contributed by atoms with Crippen molar-refractivity contribution in [3.8, 4) is 0 Å². The third-order valence-electron chi connectivity index (χ3n) is 3.47. The van der Waals surface area contributed by atoms with Crippen molar-refractivity contribution >= 4 is 29.3 Å². The van der Waals surface area contributed by atoms with Gasteiger partial charge >= 0.3 is 12.0 Å². The van der Waals surface area contributed by atoms with E-state index in [0.29, 0.717) is 13.2 Å². The normalized spacial score (nSPS) is 17.0. The topological polar surface area (TPSA) is 87.7 Å². The summed E-state index contributed by atoms with van der Waals surface area (Å²) in [6, 6.07) is 3.74. The lowest BCUT2D eigenvalue weighted by Gasteiger charge is -2.34. The molecular formula is C14H17ClN2O4. The number of amides is 2. The third kappa shape index (κ3) is 4.09. The minimum Gasteiger partial charge on any atom is -0.478 e. The van der Waals surface area contributed by atoms with Crippen LogP contribution < -0.4 is 10.6 Å². The number of carbonyl (C=O) groups excluding carboxylic acids is 1. The summed E-state index contributed by atoms with van der Waals surface area (Å²) in [5.41, 5.74) is -0.00383. The summed E-state index contributed by atoms with van der Waals surface area (Å²) in [6.45, 7) is 3.16. The Labute approximate surface area is 127 Å². The predicted molar refractivity (Wildman–Crippen MR) is 79.0 cm³/mol. The van der Waals surface area contributed by atoms with E-state index in [2.05, 4.69) is 10.6 Å². The number of anilines is 1. The molecule has 7 heteroatoms. The zero-order valence-electron chi connectivity index (χ0n) is 11.6. The molecule has 0 radical (unpaired) electrons. The fourth-order valence-electron chi connectivity index (χ4n) is 2.13. The fraction of sp³-hybridized carbons (Fsp3) is 0.429. The molecule has 114 valence electrons. The van der Waals surface area contributed by atoms with Gasteiger partial charge in [0.25, 0.3) is 0 Å². The first-order valence-corrected chi connectivity index (χ1v) is 6.97. The van der Waals surface area contributed by atoms with E-state index < -0.39 is 12.0 Å². The Balaban J connectivity index is 2.05. The lowest BCUT2D eigenvalue weighted by atomic mass is 9.93. The number of carboxylic acid groups (broad SMARTS) is 1. The molecule has 0 unspecified atom stereocenters. The summed E-state index contributed by atoms with van der Waals surface area (Å²) in [6.07, 6.45) is 1.45. The van der Waals surface area contributed by atoms with Gasteiger partial charge in [0, 0.05) is 18.8 Å². The van der Waals surface area contributed by atoms with Crippen molar-refractivity contribution < 1.29 is 19.4 Å². The van der Waals surface area contributed by atoms with E-state index in [9.17, 15) is 9.59 Å². The van der Waals surface area contributed by atoms with E-state index >= 15 is 0 Å². The molecule has 0 bridgehead atoms. The molecule has 21 heavy (non-hydrogen) atoms. The van der Waals surface area contributed by atoms with Gasteiger partial charge in [0.05, 0.1) is 16.3 Å². The highest BCUT2D eigenvalue weighted by molar-refractivity contribution is 6.33. The molecule has 0 saturated carbocycles. The molecule has 1 fully saturated rings. The fourth-order valence-corrected chi connectivity index (χ4v) is 2.29. The number of carboxylic acids is 1. The molecule has 3 N–H and O–H groups in total. The highest BCUT2D eigenvalue weighted by atomic mass is 35.5. The van der Waals surface area contributed by atoms with E-state index in [1.165, 1.54) is 18.2 Å². The van der Waals surface area contributed by atoms with Crippen molar-refractivity contribution in [2.75, 3.05) is 18.5 Å². The van der Waals surface area contributed by atoms with Crippen molar-refractivity contribution in [2.24, 2.45) is 0 Å². The average Bonchev–Trinajstić information content (AvgIpc) is 2.41. The van der Waals surface area contributed by atoms with Crippen LogP contribution in [-0.2, 0) is 4.74 Å². The highest BCUT2D eigenvalue weighted by Crippen LogP contribution is 2.24. The molecule has 1 aromatic rings. The van der Waals surface area contributed by atoms with Crippen LogP contribution in [0.25, 0.3) is 0 Å². The minimum absolute atomic E-state index is 0.0620. The number of urea groups is 1. The van der Waals surface area contributed by atoms with Gasteiger partial charge in [0.1, 0.15) is 0 Å². The van der Waals surface area contributed by atoms with Gasteiger partial charge in [0.15, 0.2) is 0 Å². The van der Waals surface area contributed by atoms with Gasteiger partial charge in [-0.3, -0.25) is 0 Å². The third-order valence-corrected chi connectivity index (χ3v) is 3.80. The monoisotopic (exact) mass is 312 g/mol. The summed E-state index contributed by atoms with van der Waals surface area (Å²) in [4.78, 5) is 23.0. The highest BCUT2D eigenvalue weighted by Gasteiger charge is 2.29. The minimum atomic E-state index is -1.08. The molecule has 1 heterocycles. The molecule has 1 saturated heterocycles. The van der Waals surface area contributed by atoms with E-state index in [-0.39, 0.29) is 21.8 Å². The molecule has 2 amide bonds. The molecule has 2 rings (SSSR count). The zero-order valence-corrected chi connectivity index (χ0v) is 12.4. The van der Waals surface area contributed by atoms with Gasteiger partial charge in [-0.25, -0.2) is 9.59 Å². The first-order valence-electron chi connectivity index (χ1n) is 6.59. The predicted octanol–water partition coefficient (Wildman–Crippen LogP) is 2.73. The van der Waals surface area contributed by atoms with Gasteiger partial charge in [-0.1, -0.05) is 11.6 Å². The molecule has 0 spiro atoms. The number of aromatic carboxylic acids is 1. The lowest BCUT2D eigenvalue weighted by Crippen LogP contribution is -2.51. The van der Waals surface area contributed by atoms with Gasteiger partial charge in [0.2, 0.25) is 0 Å². The van der Waals surface area contributed by atoms with Crippen LogP contribution in [0.1, 0.15) is 30.1 Å². The van der Waals surface area contributed by atoms with Crippen LogP contribution in [0.4, 0.5) is 10.5 Å². The van der Waals surface area contributed by atoms with Crippen LogP contribution >= 0.6 is 11.6 Å². The van der Waals surface area contributed by atoms with Crippen molar-refractivity contribution in [1.29, 1.82) is 0 Å². The molecule has 1 aliphatic heterocycles. The first kappa shape index (κ1) is 15.6. The van der Waals surface area contributed by atoms with Crippen LogP contribution in [0.5, 0.6) is 0 Å². The summed E-state index contributed by atoms with van der Waals surface area (Å²) in [5, 5.41) is 14.7. The van der Waals surface area contributed by atoms with Crippen molar-refractivity contribution in [3.05, 3.63) is 28.8 Å². The van der Waals surface area contributed by atoms with Crippen molar-refractivity contribution in [1.82, 2.24) is 5.32 Å². The molecule has 0 aliphatic carbocycles. The Morgan fingerprint density at radius 3 is 2.62 bits per heavy atom. The van der Waals surface area contributed by atoms with E-state index in [1.807, 2.05) is 6.92 Å². The Morgan fingerprint density at radius 1 is 1.33 bits per heavy atom. The van der Waals surface area contributed by atoms with Crippen LogP contribution in [0.15, 0.2) is 18.2 Å². The number of rotatable bonds is 3. The second-order valence-corrected chi connectivity index (χ2v) is 5.66. The average molecular weight is 313 g/mol. The summed E-state index contributed by atoms with van der Waals surface area (Å²) < 4.78 is 5.27. The molecule has 0 aromatic heterocycles. The number of carbonyl (C=O) groups is 2. The summed E-state index contributed by atoms with van der Waals surface area (Å²) in [7, 11) is 0. The van der Waals surface area contributed by atoms with Crippen LogP contribution in [0, 0.1) is 0 Å². The number of ether oxygens (including phenoxy) is 1. The van der Waals surface area contributed by atoms with Gasteiger partial charge in [-0.15, -0.1) is 0 Å². The van der Waals surface area contributed by atoms with Gasteiger partial charge < -0.3 is 20.5 Å². The maximum Gasteiger partial charge on any atom is 0.335 e. The summed E-state index contributed by atoms with van der Waals surface area (Å²) >= 11 is 5.97. The quantitative estimate of drug-likeness (QED) is 0.800. The molecule has 0 atom stereocenters. The Kier molecular flexibility index (Phi) is 4.69. The Hall–Kier alpha value is -1.79. The van der Waals surface area contributed by atoms with E-state index in [0.717, 1.165) is 12.8 Å². The van der Waals surface area contributed by atoms with Crippen LogP contribution in [-0.4, -0.2) is 35.9 Å². The Morgan fingerprint density at radius 2 is 2.00 bits per heavy atom. The second-order valence-electron chi connectivity index (χ2n) is 5.25. The number of hydrogen-bond donors (Lipinski definition) is 3. The molecule has 6 nitrogen and oxygen atoms in total. The zero-order chi connectivity index (χ0) is 15.5. The largest absolute Gasteiger partial charge is 0.478 e. The number of benzene rings is 1. The van der Waals surface area contributed by atoms with E-state index in [1.54, 1.807) is 0 Å². The molecule has 1 aliphatic rings. The smallest absolute Gasteiger partial charge is 0.335 e. The van der Waals surface area contributed by atoms with Crippen molar-refractivity contribution in [3.63, 3.8) is 0 Å². The Bertz CT molecular complexity index is 556. The summed E-state index contributed by atoms with van der Waals surface area (Å²) in [5.74, 6) is -1.08. The van der Waals surface area contributed by atoms with Gasteiger partial charge in [-0.2, -0.15) is 0 Å².